The molecular weight excluding hydrogens is 110 g/mol. The lowest BCUT2D eigenvalue weighted by Crippen LogP contribution is -2.53. The van der Waals surface area contributed by atoms with Gasteiger partial charge in [-0.05, 0) is 12.8 Å². The van der Waals surface area contributed by atoms with E-state index < -0.39 is 0 Å². The number of hydrogen-bond donors (Lipinski definition) is 1. The average molecular weight is 128 g/mol. The SMILES string of the molecule is [NH3+]CC1CCCCCC1. The summed E-state index contributed by atoms with van der Waals surface area (Å²) in [5.74, 6) is 0.965. The maximum Gasteiger partial charge on any atom is 0.0768 e. The molecule has 0 heterocycles. The van der Waals surface area contributed by atoms with Crippen molar-refractivity contribution in [3.63, 3.8) is 0 Å². The van der Waals surface area contributed by atoms with Crippen LogP contribution in [0.15, 0.2) is 0 Å². The molecule has 0 saturated heterocycles. The van der Waals surface area contributed by atoms with Gasteiger partial charge >= 0.3 is 0 Å². The smallest absolute Gasteiger partial charge is 0.0768 e. The van der Waals surface area contributed by atoms with Gasteiger partial charge in [0.25, 0.3) is 0 Å². The quantitative estimate of drug-likeness (QED) is 0.514. The Bertz CT molecular complexity index is 63.0. The van der Waals surface area contributed by atoms with Crippen molar-refractivity contribution < 1.29 is 5.73 Å². The minimum Gasteiger partial charge on any atom is -0.357 e. The Kier molecular flexibility index (Phi) is 3.05. The molecule has 1 aliphatic rings. The first-order chi connectivity index (χ1) is 4.43. The Morgan fingerprint density at radius 3 is 2.00 bits per heavy atom. The molecule has 0 aliphatic heterocycles. The van der Waals surface area contributed by atoms with Crippen molar-refractivity contribution in [3.8, 4) is 0 Å². The van der Waals surface area contributed by atoms with E-state index in [0.717, 1.165) is 5.92 Å². The molecule has 1 aliphatic carbocycles. The highest BCUT2D eigenvalue weighted by Gasteiger charge is 2.10. The highest BCUT2D eigenvalue weighted by Crippen LogP contribution is 2.20. The molecule has 0 radical (unpaired) electrons. The van der Waals surface area contributed by atoms with Crippen molar-refractivity contribution in [2.24, 2.45) is 5.92 Å². The number of rotatable bonds is 1. The number of quaternary nitrogens is 1. The lowest BCUT2D eigenvalue weighted by Gasteiger charge is -2.05. The van der Waals surface area contributed by atoms with Gasteiger partial charge in [0.15, 0.2) is 0 Å². The van der Waals surface area contributed by atoms with Crippen molar-refractivity contribution in [2.45, 2.75) is 38.5 Å². The average Bonchev–Trinajstić information content (AvgIpc) is 2.13. The molecule has 0 bridgehead atoms. The zero-order valence-electron chi connectivity index (χ0n) is 6.23. The predicted molar refractivity (Wildman–Crippen MR) is 38.9 cm³/mol. The van der Waals surface area contributed by atoms with Crippen LogP contribution in [0, 0.1) is 5.92 Å². The van der Waals surface area contributed by atoms with Gasteiger partial charge in [0.2, 0.25) is 0 Å². The van der Waals surface area contributed by atoms with Gasteiger partial charge in [-0.2, -0.15) is 0 Å². The summed E-state index contributed by atoms with van der Waals surface area (Å²) in [4.78, 5) is 0. The van der Waals surface area contributed by atoms with Crippen LogP contribution in [0.3, 0.4) is 0 Å². The Balaban J connectivity index is 2.18. The molecule has 0 aromatic carbocycles. The largest absolute Gasteiger partial charge is 0.357 e. The summed E-state index contributed by atoms with van der Waals surface area (Å²) >= 11 is 0. The highest BCUT2D eigenvalue weighted by molar-refractivity contribution is 4.61. The molecule has 0 aromatic heterocycles. The molecular formula is C8H18N+. The van der Waals surface area contributed by atoms with Crippen molar-refractivity contribution in [3.05, 3.63) is 0 Å². The van der Waals surface area contributed by atoms with E-state index in [1.165, 1.54) is 45.1 Å². The maximum absolute atomic E-state index is 3.95. The Hall–Kier alpha value is -0.0400. The standard InChI is InChI=1S/C8H17N/c9-7-8-5-3-1-2-4-6-8/h8H,1-7,9H2/p+1. The minimum absolute atomic E-state index is 0.965. The first kappa shape index (κ1) is 7.07. The molecule has 0 unspecified atom stereocenters. The molecule has 1 heteroatoms. The van der Waals surface area contributed by atoms with Gasteiger partial charge in [-0.3, -0.25) is 0 Å². The van der Waals surface area contributed by atoms with Crippen LogP contribution in [0.2, 0.25) is 0 Å². The molecule has 9 heavy (non-hydrogen) atoms. The van der Waals surface area contributed by atoms with Crippen molar-refractivity contribution in [2.75, 3.05) is 6.54 Å². The molecule has 0 spiro atoms. The van der Waals surface area contributed by atoms with Gasteiger partial charge in [-0.1, -0.05) is 25.7 Å². The van der Waals surface area contributed by atoms with E-state index >= 15 is 0 Å². The van der Waals surface area contributed by atoms with Gasteiger partial charge in [-0.15, -0.1) is 0 Å². The van der Waals surface area contributed by atoms with Crippen LogP contribution in [0.5, 0.6) is 0 Å². The molecule has 0 atom stereocenters. The summed E-state index contributed by atoms with van der Waals surface area (Å²) < 4.78 is 0. The van der Waals surface area contributed by atoms with Gasteiger partial charge in [0.05, 0.1) is 6.54 Å². The Morgan fingerprint density at radius 1 is 1.00 bits per heavy atom. The first-order valence-corrected chi connectivity index (χ1v) is 4.22. The molecule has 1 rings (SSSR count). The zero-order chi connectivity index (χ0) is 6.53. The van der Waals surface area contributed by atoms with Crippen LogP contribution in [0.4, 0.5) is 0 Å². The van der Waals surface area contributed by atoms with Gasteiger partial charge in [0.1, 0.15) is 0 Å². The normalized spacial score (nSPS) is 23.7. The van der Waals surface area contributed by atoms with Crippen LogP contribution in [0.25, 0.3) is 0 Å². The van der Waals surface area contributed by atoms with Crippen LogP contribution in [-0.2, 0) is 0 Å². The van der Waals surface area contributed by atoms with E-state index in [-0.39, 0.29) is 0 Å². The second-order valence-corrected chi connectivity index (χ2v) is 3.15. The topological polar surface area (TPSA) is 27.6 Å². The molecule has 1 nitrogen and oxygen atoms in total. The van der Waals surface area contributed by atoms with Gasteiger partial charge < -0.3 is 5.73 Å². The summed E-state index contributed by atoms with van der Waals surface area (Å²) in [5.41, 5.74) is 3.95. The Morgan fingerprint density at radius 2 is 1.56 bits per heavy atom. The Labute approximate surface area is 57.6 Å². The minimum atomic E-state index is 0.965. The molecule has 54 valence electrons. The summed E-state index contributed by atoms with van der Waals surface area (Å²) in [6, 6.07) is 0. The summed E-state index contributed by atoms with van der Waals surface area (Å²) in [7, 11) is 0. The number of hydrogen-bond acceptors (Lipinski definition) is 0. The third-order valence-corrected chi connectivity index (χ3v) is 2.38. The van der Waals surface area contributed by atoms with Crippen molar-refractivity contribution >= 4 is 0 Å². The van der Waals surface area contributed by atoms with E-state index in [4.69, 9.17) is 0 Å². The van der Waals surface area contributed by atoms with Crippen molar-refractivity contribution in [1.29, 1.82) is 0 Å². The van der Waals surface area contributed by atoms with Crippen LogP contribution in [-0.4, -0.2) is 6.54 Å². The maximum atomic E-state index is 3.95. The van der Waals surface area contributed by atoms with E-state index in [1.807, 2.05) is 0 Å². The third-order valence-electron chi connectivity index (χ3n) is 2.38. The van der Waals surface area contributed by atoms with Gasteiger partial charge in [0, 0.05) is 5.92 Å². The lowest BCUT2D eigenvalue weighted by molar-refractivity contribution is -0.379. The van der Waals surface area contributed by atoms with E-state index in [0.29, 0.717) is 0 Å². The monoisotopic (exact) mass is 128 g/mol. The second-order valence-electron chi connectivity index (χ2n) is 3.15. The molecule has 1 fully saturated rings. The summed E-state index contributed by atoms with van der Waals surface area (Å²) in [6.07, 6.45) is 8.75. The molecule has 3 N–H and O–H groups in total. The van der Waals surface area contributed by atoms with Gasteiger partial charge in [-0.25, -0.2) is 0 Å². The molecule has 1 saturated carbocycles. The molecule has 0 aromatic rings. The fraction of sp³-hybridized carbons (Fsp3) is 1.00. The fourth-order valence-electron chi connectivity index (χ4n) is 1.65. The fourth-order valence-corrected chi connectivity index (χ4v) is 1.65. The molecule has 0 amide bonds. The summed E-state index contributed by atoms with van der Waals surface area (Å²) in [6.45, 7) is 1.17. The van der Waals surface area contributed by atoms with E-state index in [2.05, 4.69) is 5.73 Å². The van der Waals surface area contributed by atoms with Crippen LogP contribution >= 0.6 is 0 Å². The highest BCUT2D eigenvalue weighted by atomic mass is 14.5. The van der Waals surface area contributed by atoms with Crippen molar-refractivity contribution in [1.82, 2.24) is 0 Å². The van der Waals surface area contributed by atoms with Crippen LogP contribution in [0.1, 0.15) is 38.5 Å². The zero-order valence-corrected chi connectivity index (χ0v) is 6.23. The van der Waals surface area contributed by atoms with Crippen LogP contribution < -0.4 is 5.73 Å². The van der Waals surface area contributed by atoms with E-state index in [1.54, 1.807) is 0 Å². The predicted octanol–water partition coefficient (Wildman–Crippen LogP) is 1.20. The van der Waals surface area contributed by atoms with E-state index in [9.17, 15) is 0 Å². The third kappa shape index (κ3) is 2.35. The first-order valence-electron chi connectivity index (χ1n) is 4.22. The second kappa shape index (κ2) is 3.89. The summed E-state index contributed by atoms with van der Waals surface area (Å²) in [5, 5.41) is 0. The lowest BCUT2D eigenvalue weighted by atomic mass is 10.0.